The summed E-state index contributed by atoms with van der Waals surface area (Å²) in [5, 5.41) is 11.3. The van der Waals surface area contributed by atoms with E-state index in [2.05, 4.69) is 20.9 Å². The van der Waals surface area contributed by atoms with Crippen molar-refractivity contribution >= 4 is 39.1 Å². The number of carbonyl (C=O) groups excluding carboxylic acids is 2. The molecular formula is C25H19BrN2O4. The number of fused-ring (bicyclic) bond motifs is 1. The van der Waals surface area contributed by atoms with E-state index >= 15 is 0 Å². The van der Waals surface area contributed by atoms with Gasteiger partial charge in [0.1, 0.15) is 17.6 Å². The lowest BCUT2D eigenvalue weighted by molar-refractivity contribution is -0.132. The average molecular weight is 491 g/mol. The summed E-state index contributed by atoms with van der Waals surface area (Å²) in [6.07, 6.45) is 3.98. The van der Waals surface area contributed by atoms with Crippen LogP contribution in [0.2, 0.25) is 0 Å². The van der Waals surface area contributed by atoms with E-state index in [1.807, 2.05) is 19.1 Å². The Labute approximate surface area is 193 Å². The van der Waals surface area contributed by atoms with E-state index in [-0.39, 0.29) is 17.4 Å². The van der Waals surface area contributed by atoms with Crippen LogP contribution in [-0.2, 0) is 16.0 Å². The molecule has 1 amide bonds. The highest BCUT2D eigenvalue weighted by Gasteiger charge is 2.47. The van der Waals surface area contributed by atoms with Gasteiger partial charge < -0.3 is 9.84 Å². The molecule has 160 valence electrons. The molecule has 0 radical (unpaired) electrons. The fourth-order valence-corrected chi connectivity index (χ4v) is 4.70. The minimum Gasteiger partial charge on any atom is -0.507 e. The third-order valence-electron chi connectivity index (χ3n) is 5.72. The van der Waals surface area contributed by atoms with Gasteiger partial charge in [0.25, 0.3) is 11.7 Å². The summed E-state index contributed by atoms with van der Waals surface area (Å²) in [5.41, 5.74) is 2.72. The van der Waals surface area contributed by atoms with Crippen LogP contribution in [0.3, 0.4) is 0 Å². The van der Waals surface area contributed by atoms with Crippen molar-refractivity contribution in [3.63, 3.8) is 0 Å². The monoisotopic (exact) mass is 490 g/mol. The number of halogens is 1. The smallest absolute Gasteiger partial charge is 0.300 e. The number of carbonyl (C=O) groups is 2. The molecule has 0 bridgehead atoms. The first-order valence-corrected chi connectivity index (χ1v) is 11.0. The van der Waals surface area contributed by atoms with Crippen LogP contribution in [0.5, 0.6) is 5.75 Å². The van der Waals surface area contributed by atoms with Gasteiger partial charge in [0.2, 0.25) is 0 Å². The molecule has 3 aromatic rings. The topological polar surface area (TPSA) is 79.7 Å². The highest BCUT2D eigenvalue weighted by molar-refractivity contribution is 9.10. The number of ketones is 1. The summed E-state index contributed by atoms with van der Waals surface area (Å²) in [5.74, 6) is -0.849. The lowest BCUT2D eigenvalue weighted by Gasteiger charge is -2.25. The number of Topliss-reactive ketones (excluding diaryl/α,β-unsaturated/α-hetero) is 1. The summed E-state index contributed by atoms with van der Waals surface area (Å²) in [6, 6.07) is 15.2. The Bertz CT molecular complexity index is 1270. The van der Waals surface area contributed by atoms with Crippen molar-refractivity contribution in [1.29, 1.82) is 0 Å². The van der Waals surface area contributed by atoms with Gasteiger partial charge in [-0.05, 0) is 66.6 Å². The predicted octanol–water partition coefficient (Wildman–Crippen LogP) is 4.79. The van der Waals surface area contributed by atoms with Crippen LogP contribution in [-0.4, -0.2) is 27.9 Å². The molecule has 6 nitrogen and oxygen atoms in total. The highest BCUT2D eigenvalue weighted by Crippen LogP contribution is 2.43. The van der Waals surface area contributed by atoms with Crippen LogP contribution in [0, 0.1) is 0 Å². The number of aliphatic hydroxyl groups is 1. The maximum absolute atomic E-state index is 13.2. The van der Waals surface area contributed by atoms with Crippen molar-refractivity contribution in [1.82, 2.24) is 4.98 Å². The van der Waals surface area contributed by atoms with E-state index in [1.165, 1.54) is 4.90 Å². The van der Waals surface area contributed by atoms with E-state index < -0.39 is 17.7 Å². The average Bonchev–Trinajstić information content (AvgIpc) is 3.29. The number of rotatable bonds is 3. The number of ether oxygens (including phenoxy) is 1. The maximum atomic E-state index is 13.2. The number of aromatic nitrogens is 1. The standard InChI is InChI=1S/C25H19BrN2O4/c1-14-11-17-12-16(5-6-20(17)32-14)23(29)21-22(15-7-9-27-10-8-15)28(25(31)24(21)30)19-4-2-3-18(26)13-19/h2-10,12-14,22,29H,11H2,1H3/b23-21-. The molecular weight excluding hydrogens is 472 g/mol. The van der Waals surface area contributed by atoms with Gasteiger partial charge in [-0.25, -0.2) is 0 Å². The van der Waals surface area contributed by atoms with Gasteiger partial charge in [-0.1, -0.05) is 22.0 Å². The summed E-state index contributed by atoms with van der Waals surface area (Å²) < 4.78 is 6.52. The number of amides is 1. The molecule has 1 N–H and O–H groups in total. The van der Waals surface area contributed by atoms with Gasteiger partial charge in [-0.2, -0.15) is 0 Å². The van der Waals surface area contributed by atoms with E-state index in [9.17, 15) is 14.7 Å². The number of benzene rings is 2. The zero-order valence-corrected chi connectivity index (χ0v) is 18.7. The molecule has 0 spiro atoms. The molecule has 0 saturated carbocycles. The van der Waals surface area contributed by atoms with Gasteiger partial charge in [0.15, 0.2) is 0 Å². The van der Waals surface area contributed by atoms with Crippen LogP contribution >= 0.6 is 15.9 Å². The first-order valence-electron chi connectivity index (χ1n) is 10.2. The first-order chi connectivity index (χ1) is 15.4. The highest BCUT2D eigenvalue weighted by atomic mass is 79.9. The van der Waals surface area contributed by atoms with Gasteiger partial charge in [-0.15, -0.1) is 0 Å². The lowest BCUT2D eigenvalue weighted by atomic mass is 9.95. The Morgan fingerprint density at radius 3 is 2.66 bits per heavy atom. The van der Waals surface area contributed by atoms with Gasteiger partial charge in [-0.3, -0.25) is 19.5 Å². The third-order valence-corrected chi connectivity index (χ3v) is 6.22. The van der Waals surface area contributed by atoms with Crippen LogP contribution in [0.1, 0.15) is 29.7 Å². The van der Waals surface area contributed by atoms with Gasteiger partial charge in [0, 0.05) is 34.5 Å². The summed E-state index contributed by atoms with van der Waals surface area (Å²) in [4.78, 5) is 31.8. The van der Waals surface area contributed by atoms with Crippen molar-refractivity contribution in [3.05, 3.63) is 93.7 Å². The number of nitrogens with zero attached hydrogens (tertiary/aromatic N) is 2. The Kier molecular flexibility index (Phi) is 5.06. The Hall–Kier alpha value is -3.45. The normalized spacial score (nSPS) is 21.5. The van der Waals surface area contributed by atoms with Crippen molar-refractivity contribution in [2.45, 2.75) is 25.5 Å². The van der Waals surface area contributed by atoms with Crippen molar-refractivity contribution in [2.24, 2.45) is 0 Å². The Morgan fingerprint density at radius 1 is 1.12 bits per heavy atom. The minimum atomic E-state index is -0.782. The van der Waals surface area contributed by atoms with E-state index in [0.29, 0.717) is 16.8 Å². The molecule has 3 heterocycles. The van der Waals surface area contributed by atoms with E-state index in [0.717, 1.165) is 22.2 Å². The predicted molar refractivity (Wildman–Crippen MR) is 123 cm³/mol. The van der Waals surface area contributed by atoms with Crippen molar-refractivity contribution < 1.29 is 19.4 Å². The van der Waals surface area contributed by atoms with Gasteiger partial charge in [0.05, 0.1) is 11.6 Å². The molecule has 2 atom stereocenters. The second-order valence-electron chi connectivity index (χ2n) is 7.88. The SMILES string of the molecule is CC1Cc2cc(/C(O)=C3/C(=O)C(=O)N(c4cccc(Br)c4)C3c3ccncc3)ccc2O1. The Balaban J connectivity index is 1.69. The Morgan fingerprint density at radius 2 is 1.91 bits per heavy atom. The number of hydrogen-bond donors (Lipinski definition) is 1. The van der Waals surface area contributed by atoms with E-state index in [4.69, 9.17) is 4.74 Å². The zero-order chi connectivity index (χ0) is 22.4. The lowest BCUT2D eigenvalue weighted by Crippen LogP contribution is -2.29. The molecule has 1 aromatic heterocycles. The fourth-order valence-electron chi connectivity index (χ4n) is 4.31. The van der Waals surface area contributed by atoms with Crippen LogP contribution in [0.25, 0.3) is 5.76 Å². The fraction of sp³-hybridized carbons (Fsp3) is 0.160. The second-order valence-corrected chi connectivity index (χ2v) is 8.80. The molecule has 2 aromatic carbocycles. The molecule has 2 aliphatic rings. The molecule has 5 rings (SSSR count). The zero-order valence-electron chi connectivity index (χ0n) is 17.2. The summed E-state index contributed by atoms with van der Waals surface area (Å²) in [7, 11) is 0. The molecule has 0 aliphatic carbocycles. The molecule has 2 aliphatic heterocycles. The summed E-state index contributed by atoms with van der Waals surface area (Å²) >= 11 is 3.43. The van der Waals surface area contributed by atoms with Crippen molar-refractivity contribution in [2.75, 3.05) is 4.90 Å². The quantitative estimate of drug-likeness (QED) is 0.324. The molecule has 32 heavy (non-hydrogen) atoms. The van der Waals surface area contributed by atoms with Crippen LogP contribution in [0.4, 0.5) is 5.69 Å². The van der Waals surface area contributed by atoms with Crippen LogP contribution < -0.4 is 9.64 Å². The van der Waals surface area contributed by atoms with Gasteiger partial charge >= 0.3 is 0 Å². The molecule has 1 fully saturated rings. The molecule has 7 heteroatoms. The third kappa shape index (κ3) is 3.39. The first kappa shape index (κ1) is 20.5. The van der Waals surface area contributed by atoms with E-state index in [1.54, 1.807) is 54.9 Å². The van der Waals surface area contributed by atoms with Crippen molar-refractivity contribution in [3.8, 4) is 5.75 Å². The number of pyridine rings is 1. The maximum Gasteiger partial charge on any atom is 0.300 e. The number of aliphatic hydroxyl groups excluding tert-OH is 1. The largest absolute Gasteiger partial charge is 0.507 e. The molecule has 2 unspecified atom stereocenters. The summed E-state index contributed by atoms with van der Waals surface area (Å²) in [6.45, 7) is 1.98. The molecule has 1 saturated heterocycles. The minimum absolute atomic E-state index is 0.0492. The van der Waals surface area contributed by atoms with Crippen LogP contribution in [0.15, 0.2) is 77.0 Å². The number of hydrogen-bond acceptors (Lipinski definition) is 5. The number of anilines is 1. The second kappa shape index (κ2) is 7.91.